The van der Waals surface area contributed by atoms with Crippen LogP contribution in [0.5, 0.6) is 0 Å². The molecule has 1 saturated carbocycles. The van der Waals surface area contributed by atoms with Gasteiger partial charge in [-0.05, 0) is 36.6 Å². The number of nitrogens with zero attached hydrogens (tertiary/aromatic N) is 4. The average molecular weight is 419 g/mol. The third kappa shape index (κ3) is 2.59. The van der Waals surface area contributed by atoms with Gasteiger partial charge in [-0.2, -0.15) is 15.8 Å². The molecule has 3 atom stereocenters. The van der Waals surface area contributed by atoms with E-state index >= 15 is 0 Å². The van der Waals surface area contributed by atoms with Gasteiger partial charge in [0.05, 0.1) is 29.8 Å². The van der Waals surface area contributed by atoms with Crippen molar-refractivity contribution in [2.24, 2.45) is 11.3 Å². The van der Waals surface area contributed by atoms with Gasteiger partial charge in [0.15, 0.2) is 11.2 Å². The molecule has 0 amide bonds. The molecule has 2 heterocycles. The lowest BCUT2D eigenvalue weighted by molar-refractivity contribution is -0.124. The van der Waals surface area contributed by atoms with Crippen LogP contribution in [-0.2, 0) is 4.79 Å². The van der Waals surface area contributed by atoms with Gasteiger partial charge in [0, 0.05) is 22.5 Å². The molecule has 1 aromatic rings. The summed E-state index contributed by atoms with van der Waals surface area (Å²) in [6.45, 7) is 0. The maximum atomic E-state index is 13.2. The summed E-state index contributed by atoms with van der Waals surface area (Å²) in [6, 6.07) is 12.8. The Morgan fingerprint density at radius 2 is 1.81 bits per heavy atom. The van der Waals surface area contributed by atoms with Crippen LogP contribution in [0, 0.1) is 45.3 Å². The molecular weight excluding hydrogens is 404 g/mol. The van der Waals surface area contributed by atoms with E-state index in [4.69, 9.17) is 0 Å². The minimum absolute atomic E-state index is 0.0216. The van der Waals surface area contributed by atoms with Gasteiger partial charge >= 0.3 is 0 Å². The summed E-state index contributed by atoms with van der Waals surface area (Å²) in [4.78, 5) is 15.0. The van der Waals surface area contributed by atoms with Crippen molar-refractivity contribution in [2.75, 3.05) is 0 Å². The Morgan fingerprint density at radius 3 is 2.37 bits per heavy atom. The molecule has 27 heavy (non-hydrogen) atoms. The predicted octanol–water partition coefficient (Wildman–Crippen LogP) is 3.58. The molecule has 1 saturated heterocycles. The molecule has 2 fully saturated rings. The summed E-state index contributed by atoms with van der Waals surface area (Å²) in [5, 5.41) is 29.5. The zero-order valence-corrected chi connectivity index (χ0v) is 15.9. The third-order valence-electron chi connectivity index (χ3n) is 5.66. The number of allylic oxidation sites excluding steroid dienone is 2. The number of nitriles is 3. The molecule has 2 aliphatic heterocycles. The summed E-state index contributed by atoms with van der Waals surface area (Å²) < 4.78 is 0.887. The fraction of sp³-hybridized carbons (Fsp3) is 0.333. The van der Waals surface area contributed by atoms with E-state index in [1.54, 1.807) is 23.3 Å². The highest BCUT2D eigenvalue weighted by molar-refractivity contribution is 9.10. The Kier molecular flexibility index (Phi) is 4.14. The maximum absolute atomic E-state index is 13.2. The minimum Gasteiger partial charge on any atom is -0.356 e. The molecule has 1 aromatic carbocycles. The van der Waals surface area contributed by atoms with Gasteiger partial charge in [-0.15, -0.1) is 0 Å². The van der Waals surface area contributed by atoms with Gasteiger partial charge in [0.2, 0.25) is 0 Å². The molecule has 3 aliphatic rings. The van der Waals surface area contributed by atoms with Crippen LogP contribution in [0.15, 0.2) is 52.7 Å². The van der Waals surface area contributed by atoms with Crippen molar-refractivity contribution >= 4 is 21.7 Å². The van der Waals surface area contributed by atoms with Crippen molar-refractivity contribution in [3.8, 4) is 18.2 Å². The normalized spacial score (nSPS) is 27.7. The third-order valence-corrected chi connectivity index (χ3v) is 6.19. The fourth-order valence-electron chi connectivity index (χ4n) is 4.22. The summed E-state index contributed by atoms with van der Waals surface area (Å²) in [5.74, 6) is -0.548. The van der Waals surface area contributed by atoms with E-state index in [1.807, 2.05) is 24.3 Å². The molecule has 0 bridgehead atoms. The van der Waals surface area contributed by atoms with Gasteiger partial charge in [-0.3, -0.25) is 4.79 Å². The molecule has 0 aromatic heterocycles. The predicted molar refractivity (Wildman–Crippen MR) is 101 cm³/mol. The lowest BCUT2D eigenvalue weighted by Gasteiger charge is -2.30. The second-order valence-corrected chi connectivity index (χ2v) is 8.11. The van der Waals surface area contributed by atoms with Crippen LogP contribution < -0.4 is 0 Å². The smallest absolute Gasteiger partial charge is 0.176 e. The van der Waals surface area contributed by atoms with Crippen LogP contribution in [0.25, 0.3) is 0 Å². The highest BCUT2D eigenvalue weighted by atomic mass is 79.9. The van der Waals surface area contributed by atoms with Gasteiger partial charge < -0.3 is 4.90 Å². The molecule has 0 spiro atoms. The van der Waals surface area contributed by atoms with Crippen LogP contribution in [0.3, 0.4) is 0 Å². The quantitative estimate of drug-likeness (QED) is 0.747. The van der Waals surface area contributed by atoms with Crippen molar-refractivity contribution in [1.82, 2.24) is 4.90 Å². The van der Waals surface area contributed by atoms with Gasteiger partial charge in [-0.1, -0.05) is 34.1 Å². The van der Waals surface area contributed by atoms with Crippen molar-refractivity contribution in [2.45, 2.75) is 30.8 Å². The number of hydrogen-bond donors (Lipinski definition) is 0. The Labute approximate surface area is 165 Å². The van der Waals surface area contributed by atoms with Crippen LogP contribution in [-0.4, -0.2) is 22.8 Å². The highest BCUT2D eigenvalue weighted by Gasteiger charge is 2.63. The zero-order valence-electron chi connectivity index (χ0n) is 14.3. The van der Waals surface area contributed by atoms with Gasteiger partial charge in [0.25, 0.3) is 0 Å². The first-order valence-corrected chi connectivity index (χ1v) is 9.54. The Hall–Kier alpha value is -2.88. The second kappa shape index (κ2) is 6.38. The number of hydrogen-bond acceptors (Lipinski definition) is 5. The van der Waals surface area contributed by atoms with Gasteiger partial charge in [-0.25, -0.2) is 0 Å². The van der Waals surface area contributed by atoms with Crippen molar-refractivity contribution in [1.29, 1.82) is 15.8 Å². The number of carbonyl (C=O) groups is 1. The fourth-order valence-corrected chi connectivity index (χ4v) is 4.49. The Bertz CT molecular complexity index is 971. The van der Waals surface area contributed by atoms with Crippen molar-refractivity contribution in [3.63, 3.8) is 0 Å². The lowest BCUT2D eigenvalue weighted by atomic mass is 9.69. The summed E-state index contributed by atoms with van der Waals surface area (Å²) >= 11 is 3.41. The largest absolute Gasteiger partial charge is 0.356 e. The summed E-state index contributed by atoms with van der Waals surface area (Å²) in [5.41, 5.74) is -0.201. The van der Waals surface area contributed by atoms with E-state index in [-0.39, 0.29) is 11.7 Å². The van der Waals surface area contributed by atoms with E-state index in [0.29, 0.717) is 5.57 Å². The summed E-state index contributed by atoms with van der Waals surface area (Å²) in [6.07, 6.45) is 6.68. The zero-order chi connectivity index (χ0) is 19.2. The standard InChI is InChI=1S/C21H15BrN4O/c22-16-6-4-14(5-7-16)18-19(20(27)15-2-3-15)26-10-13(9-23)1-8-17(26)21(18,11-24)12-25/h1,4-8,10,15,17-19H,2-3H2/t17-,18+,19+/m1/s1. The van der Waals surface area contributed by atoms with Crippen molar-refractivity contribution < 1.29 is 4.79 Å². The first kappa shape index (κ1) is 17.5. The lowest BCUT2D eigenvalue weighted by Crippen LogP contribution is -2.40. The molecule has 5 nitrogen and oxygen atoms in total. The molecule has 4 rings (SSSR count). The van der Waals surface area contributed by atoms with Crippen LogP contribution in [0.1, 0.15) is 24.3 Å². The average Bonchev–Trinajstić information content (AvgIpc) is 3.50. The van der Waals surface area contributed by atoms with Gasteiger partial charge in [0.1, 0.15) is 6.07 Å². The van der Waals surface area contributed by atoms with Crippen LogP contribution in [0.2, 0.25) is 0 Å². The molecule has 1 aliphatic carbocycles. The molecule has 132 valence electrons. The molecular formula is C21H15BrN4O. The molecule has 6 heteroatoms. The van der Waals surface area contributed by atoms with E-state index < -0.39 is 23.4 Å². The number of ketones is 1. The highest BCUT2D eigenvalue weighted by Crippen LogP contribution is 2.54. The molecule has 0 radical (unpaired) electrons. The number of benzene rings is 1. The minimum atomic E-state index is -1.41. The number of rotatable bonds is 3. The molecule has 0 unspecified atom stereocenters. The van der Waals surface area contributed by atoms with Crippen LogP contribution in [0.4, 0.5) is 0 Å². The van der Waals surface area contributed by atoms with E-state index in [0.717, 1.165) is 22.9 Å². The van der Waals surface area contributed by atoms with Crippen LogP contribution >= 0.6 is 15.9 Å². The number of fused-ring (bicyclic) bond motifs is 1. The number of Topliss-reactive ketones (excluding diaryl/α,β-unsaturated/α-hetero) is 1. The topological polar surface area (TPSA) is 91.7 Å². The Morgan fingerprint density at radius 1 is 1.15 bits per heavy atom. The monoisotopic (exact) mass is 418 g/mol. The summed E-state index contributed by atoms with van der Waals surface area (Å²) in [7, 11) is 0. The van der Waals surface area contributed by atoms with E-state index in [1.165, 1.54) is 0 Å². The first-order valence-electron chi connectivity index (χ1n) is 8.75. The maximum Gasteiger partial charge on any atom is 0.176 e. The first-order chi connectivity index (χ1) is 13.1. The number of halogens is 1. The van der Waals surface area contributed by atoms with E-state index in [9.17, 15) is 20.6 Å². The van der Waals surface area contributed by atoms with Crippen molar-refractivity contribution in [3.05, 3.63) is 58.2 Å². The second-order valence-electron chi connectivity index (χ2n) is 7.19. The molecule has 0 N–H and O–H groups in total. The number of carbonyl (C=O) groups excluding carboxylic acids is 1. The van der Waals surface area contributed by atoms with E-state index in [2.05, 4.69) is 34.1 Å². The SMILES string of the molecule is N#CC1=CN2[C@H](C(=O)C3CC3)[C@H](c3ccc(Br)cc3)C(C#N)(C#N)[C@H]2C=C1. The Balaban J connectivity index is 1.92.